The van der Waals surface area contributed by atoms with Gasteiger partial charge in [-0.15, -0.1) is 0 Å². The van der Waals surface area contributed by atoms with Crippen LogP contribution >= 0.6 is 9.47 Å². The molecule has 0 bridgehead atoms. The minimum atomic E-state index is -1.79. The standard InChI is InChI=1S/C12H14F2N3O2P/c1-8(19-20)12(18,5-17-7-15-6-16-17)10-4-9(13)2-3-11(10)14/h2-4,6-8,18H,5,20H2,1H3. The molecule has 0 fully saturated rings. The zero-order chi connectivity index (χ0) is 14.8. The lowest BCUT2D eigenvalue weighted by Gasteiger charge is -2.33. The molecule has 108 valence electrons. The lowest BCUT2D eigenvalue weighted by Crippen LogP contribution is -2.43. The fourth-order valence-electron chi connectivity index (χ4n) is 1.94. The molecular formula is C12H14F2N3O2P. The predicted molar refractivity (Wildman–Crippen MR) is 70.5 cm³/mol. The molecule has 0 spiro atoms. The van der Waals surface area contributed by atoms with E-state index in [2.05, 4.69) is 10.1 Å². The SMILES string of the molecule is CC(OP)C(O)(Cn1cncn1)c1cc(F)ccc1F. The second-order valence-electron chi connectivity index (χ2n) is 4.42. The van der Waals surface area contributed by atoms with Gasteiger partial charge in [0.2, 0.25) is 0 Å². The fourth-order valence-corrected chi connectivity index (χ4v) is 2.16. The molecule has 8 heteroatoms. The molecule has 3 unspecified atom stereocenters. The summed E-state index contributed by atoms with van der Waals surface area (Å²) in [4.78, 5) is 3.75. The third kappa shape index (κ3) is 2.85. The highest BCUT2D eigenvalue weighted by Crippen LogP contribution is 2.32. The van der Waals surface area contributed by atoms with Crippen LogP contribution in [0.3, 0.4) is 0 Å². The number of halogens is 2. The van der Waals surface area contributed by atoms with Gasteiger partial charge in [0, 0.05) is 15.0 Å². The number of aliphatic hydroxyl groups is 1. The van der Waals surface area contributed by atoms with Crippen molar-refractivity contribution in [2.75, 3.05) is 0 Å². The average Bonchev–Trinajstić information content (AvgIpc) is 2.93. The van der Waals surface area contributed by atoms with E-state index in [0.29, 0.717) is 0 Å². The molecule has 20 heavy (non-hydrogen) atoms. The van der Waals surface area contributed by atoms with Crippen molar-refractivity contribution in [3.63, 3.8) is 0 Å². The van der Waals surface area contributed by atoms with Crippen LogP contribution in [0.2, 0.25) is 0 Å². The first-order valence-corrected chi connectivity index (χ1v) is 6.30. The summed E-state index contributed by atoms with van der Waals surface area (Å²) in [6, 6.07) is 2.90. The van der Waals surface area contributed by atoms with Gasteiger partial charge in [-0.05, 0) is 25.1 Å². The van der Waals surface area contributed by atoms with Crippen molar-refractivity contribution in [2.45, 2.75) is 25.2 Å². The minimum absolute atomic E-state index is 0.122. The van der Waals surface area contributed by atoms with E-state index in [1.807, 2.05) is 9.47 Å². The van der Waals surface area contributed by atoms with E-state index in [1.54, 1.807) is 6.92 Å². The molecule has 1 heterocycles. The van der Waals surface area contributed by atoms with E-state index in [0.717, 1.165) is 18.2 Å². The second-order valence-corrected chi connectivity index (χ2v) is 4.69. The average molecular weight is 301 g/mol. The zero-order valence-electron chi connectivity index (χ0n) is 10.7. The summed E-state index contributed by atoms with van der Waals surface area (Å²) in [6.07, 6.45) is 1.85. The summed E-state index contributed by atoms with van der Waals surface area (Å²) in [5, 5.41) is 14.7. The van der Waals surface area contributed by atoms with Crippen LogP contribution in [0.15, 0.2) is 30.9 Å². The number of hydrogen-bond acceptors (Lipinski definition) is 4. The second kappa shape index (κ2) is 5.91. The monoisotopic (exact) mass is 301 g/mol. The third-order valence-electron chi connectivity index (χ3n) is 3.14. The van der Waals surface area contributed by atoms with Crippen LogP contribution in [-0.2, 0) is 16.7 Å². The fraction of sp³-hybridized carbons (Fsp3) is 0.333. The highest BCUT2D eigenvalue weighted by Gasteiger charge is 2.39. The summed E-state index contributed by atoms with van der Waals surface area (Å²) in [5.74, 6) is -1.36. The summed E-state index contributed by atoms with van der Waals surface area (Å²) in [6.45, 7) is 1.43. The van der Waals surface area contributed by atoms with Gasteiger partial charge in [0.1, 0.15) is 29.9 Å². The first-order valence-electron chi connectivity index (χ1n) is 5.83. The summed E-state index contributed by atoms with van der Waals surface area (Å²) in [7, 11) is 2.00. The molecule has 2 aromatic rings. The Morgan fingerprint density at radius 2 is 2.25 bits per heavy atom. The molecule has 3 atom stereocenters. The van der Waals surface area contributed by atoms with Crippen LogP contribution in [0.25, 0.3) is 0 Å². The van der Waals surface area contributed by atoms with Crippen molar-refractivity contribution in [1.82, 2.24) is 14.8 Å². The van der Waals surface area contributed by atoms with Gasteiger partial charge in [-0.1, -0.05) is 0 Å². The highest BCUT2D eigenvalue weighted by atomic mass is 31.0. The van der Waals surface area contributed by atoms with Crippen LogP contribution in [0.4, 0.5) is 8.78 Å². The van der Waals surface area contributed by atoms with Gasteiger partial charge in [0.05, 0.1) is 12.6 Å². The molecule has 2 rings (SSSR count). The Labute approximate surface area is 116 Å². The van der Waals surface area contributed by atoms with Crippen molar-refractivity contribution in [3.8, 4) is 0 Å². The van der Waals surface area contributed by atoms with E-state index in [1.165, 1.54) is 17.3 Å². The van der Waals surface area contributed by atoms with E-state index < -0.39 is 23.3 Å². The van der Waals surface area contributed by atoms with E-state index in [9.17, 15) is 13.9 Å². The molecule has 0 aliphatic heterocycles. The van der Waals surface area contributed by atoms with Crippen LogP contribution < -0.4 is 0 Å². The number of benzene rings is 1. The molecular weight excluding hydrogens is 287 g/mol. The van der Waals surface area contributed by atoms with Crippen molar-refractivity contribution in [1.29, 1.82) is 0 Å². The maximum Gasteiger partial charge on any atom is 0.138 e. The zero-order valence-corrected chi connectivity index (χ0v) is 11.9. The van der Waals surface area contributed by atoms with E-state index in [4.69, 9.17) is 4.52 Å². The summed E-state index contributed by atoms with van der Waals surface area (Å²) in [5.41, 5.74) is -1.98. The minimum Gasteiger partial charge on any atom is -0.380 e. The topological polar surface area (TPSA) is 60.2 Å². The summed E-state index contributed by atoms with van der Waals surface area (Å²) < 4.78 is 33.7. The van der Waals surface area contributed by atoms with Gasteiger partial charge in [-0.3, -0.25) is 0 Å². The van der Waals surface area contributed by atoms with E-state index >= 15 is 0 Å². The predicted octanol–water partition coefficient (Wildman–Crippen LogP) is 1.64. The first-order chi connectivity index (χ1) is 9.47. The Balaban J connectivity index is 2.48. The van der Waals surface area contributed by atoms with E-state index in [-0.39, 0.29) is 12.1 Å². The van der Waals surface area contributed by atoms with Gasteiger partial charge in [-0.25, -0.2) is 18.4 Å². The molecule has 1 aromatic carbocycles. The quantitative estimate of drug-likeness (QED) is 0.853. The molecule has 0 saturated carbocycles. The largest absolute Gasteiger partial charge is 0.380 e. The van der Waals surface area contributed by atoms with Crippen LogP contribution in [0.1, 0.15) is 12.5 Å². The Kier molecular flexibility index (Phi) is 4.42. The molecule has 0 amide bonds. The van der Waals surface area contributed by atoms with Crippen LogP contribution in [0.5, 0.6) is 0 Å². The molecule has 1 aromatic heterocycles. The molecule has 0 radical (unpaired) electrons. The van der Waals surface area contributed by atoms with Crippen LogP contribution in [0, 0.1) is 11.6 Å². The number of nitrogens with zero attached hydrogens (tertiary/aromatic N) is 3. The van der Waals surface area contributed by atoms with Crippen molar-refractivity contribution >= 4 is 9.47 Å². The third-order valence-corrected chi connectivity index (χ3v) is 3.55. The lowest BCUT2D eigenvalue weighted by molar-refractivity contribution is -0.0701. The Morgan fingerprint density at radius 1 is 1.50 bits per heavy atom. The van der Waals surface area contributed by atoms with Gasteiger partial charge in [0.25, 0.3) is 0 Å². The Bertz CT molecular complexity index is 582. The van der Waals surface area contributed by atoms with Gasteiger partial charge in [-0.2, -0.15) is 5.10 Å². The normalized spacial score (nSPS) is 15.8. The first kappa shape index (κ1) is 15.0. The Hall–Kier alpha value is -1.43. The Morgan fingerprint density at radius 3 is 2.85 bits per heavy atom. The molecule has 5 nitrogen and oxygen atoms in total. The maximum atomic E-state index is 14.0. The molecule has 0 aliphatic rings. The maximum absolute atomic E-state index is 14.0. The van der Waals surface area contributed by atoms with Crippen LogP contribution in [-0.4, -0.2) is 26.0 Å². The smallest absolute Gasteiger partial charge is 0.138 e. The van der Waals surface area contributed by atoms with Gasteiger partial charge >= 0.3 is 0 Å². The summed E-state index contributed by atoms with van der Waals surface area (Å²) >= 11 is 0. The lowest BCUT2D eigenvalue weighted by atomic mass is 9.88. The van der Waals surface area contributed by atoms with Gasteiger partial charge < -0.3 is 9.63 Å². The number of hydrogen-bond donors (Lipinski definition) is 1. The van der Waals surface area contributed by atoms with Crippen molar-refractivity contribution in [3.05, 3.63) is 48.1 Å². The molecule has 0 aliphatic carbocycles. The van der Waals surface area contributed by atoms with Crippen molar-refractivity contribution in [2.24, 2.45) is 0 Å². The van der Waals surface area contributed by atoms with Crippen molar-refractivity contribution < 1.29 is 18.4 Å². The van der Waals surface area contributed by atoms with Gasteiger partial charge in [0.15, 0.2) is 0 Å². The highest BCUT2D eigenvalue weighted by molar-refractivity contribution is 7.09. The molecule has 1 N–H and O–H groups in total. The number of rotatable bonds is 5. The number of aromatic nitrogens is 3. The molecule has 0 saturated heterocycles.